The lowest BCUT2D eigenvalue weighted by atomic mass is 9.97. The molecule has 2 aromatic rings. The fourth-order valence-corrected chi connectivity index (χ4v) is 2.05. The second-order valence-electron chi connectivity index (χ2n) is 4.16. The van der Waals surface area contributed by atoms with Gasteiger partial charge in [0.05, 0.1) is 12.0 Å². The highest BCUT2D eigenvalue weighted by Crippen LogP contribution is 2.34. The van der Waals surface area contributed by atoms with Gasteiger partial charge >= 0.3 is 0 Å². The van der Waals surface area contributed by atoms with E-state index in [1.54, 1.807) is 18.5 Å². The third kappa shape index (κ3) is 1.86. The Morgan fingerprint density at radius 2 is 2.22 bits per heavy atom. The first-order valence-corrected chi connectivity index (χ1v) is 5.63. The van der Waals surface area contributed by atoms with Gasteiger partial charge in [-0.05, 0) is 24.3 Å². The highest BCUT2D eigenvalue weighted by Gasteiger charge is 2.27. The number of pyridine rings is 1. The summed E-state index contributed by atoms with van der Waals surface area (Å²) in [5.74, 6) is -0.100. The molecular formula is C14H10FNO2. The highest BCUT2D eigenvalue weighted by atomic mass is 19.1. The summed E-state index contributed by atoms with van der Waals surface area (Å²) < 4.78 is 18.8. The molecule has 1 aliphatic rings. The van der Waals surface area contributed by atoms with Crippen molar-refractivity contribution in [2.24, 2.45) is 0 Å². The molecule has 1 aromatic heterocycles. The number of hydrogen-bond donors (Lipinski definition) is 0. The summed E-state index contributed by atoms with van der Waals surface area (Å²) in [4.78, 5) is 16.0. The topological polar surface area (TPSA) is 39.2 Å². The summed E-state index contributed by atoms with van der Waals surface area (Å²) in [5, 5.41) is 0. The van der Waals surface area contributed by atoms with Crippen LogP contribution in [0.3, 0.4) is 0 Å². The SMILES string of the molecule is O=C1CC(c2cccnc2)Oc2ccc(F)cc21. The molecule has 0 radical (unpaired) electrons. The number of halogens is 1. The van der Waals surface area contributed by atoms with Gasteiger partial charge in [0.2, 0.25) is 0 Å². The molecule has 3 rings (SSSR count). The molecule has 3 nitrogen and oxygen atoms in total. The van der Waals surface area contributed by atoms with Crippen molar-refractivity contribution >= 4 is 5.78 Å². The Kier molecular flexibility index (Phi) is 2.55. The molecule has 0 spiro atoms. The van der Waals surface area contributed by atoms with Crippen molar-refractivity contribution in [3.05, 3.63) is 59.7 Å². The first kappa shape index (κ1) is 10.9. The van der Waals surface area contributed by atoms with E-state index in [1.165, 1.54) is 18.2 Å². The van der Waals surface area contributed by atoms with E-state index in [-0.39, 0.29) is 18.3 Å². The minimum atomic E-state index is -0.425. The third-order valence-corrected chi connectivity index (χ3v) is 2.94. The van der Waals surface area contributed by atoms with Gasteiger partial charge in [-0.15, -0.1) is 0 Å². The number of nitrogens with zero attached hydrogens (tertiary/aromatic N) is 1. The van der Waals surface area contributed by atoms with Crippen LogP contribution < -0.4 is 4.74 Å². The average Bonchev–Trinajstić information content (AvgIpc) is 2.40. The number of carbonyl (C=O) groups is 1. The largest absolute Gasteiger partial charge is 0.484 e. The second kappa shape index (κ2) is 4.22. The van der Waals surface area contributed by atoms with Crippen molar-refractivity contribution < 1.29 is 13.9 Å². The predicted octanol–water partition coefficient (Wildman–Crippen LogP) is 2.93. The Balaban J connectivity index is 1.97. The van der Waals surface area contributed by atoms with Crippen LogP contribution in [0.15, 0.2) is 42.7 Å². The van der Waals surface area contributed by atoms with Crippen LogP contribution in [0.2, 0.25) is 0 Å². The standard InChI is InChI=1S/C14H10FNO2/c15-10-3-4-13-11(6-10)12(17)7-14(18-13)9-2-1-5-16-8-9/h1-6,8,14H,7H2. The zero-order valence-corrected chi connectivity index (χ0v) is 9.47. The predicted molar refractivity (Wildman–Crippen MR) is 63.0 cm³/mol. The maximum absolute atomic E-state index is 13.1. The number of hydrogen-bond acceptors (Lipinski definition) is 3. The summed E-state index contributed by atoms with van der Waals surface area (Å²) >= 11 is 0. The van der Waals surface area contributed by atoms with Gasteiger partial charge < -0.3 is 4.74 Å². The zero-order valence-electron chi connectivity index (χ0n) is 9.47. The van der Waals surface area contributed by atoms with Gasteiger partial charge in [-0.2, -0.15) is 0 Å². The van der Waals surface area contributed by atoms with Gasteiger partial charge in [0.25, 0.3) is 0 Å². The molecule has 4 heteroatoms. The Morgan fingerprint density at radius 1 is 1.33 bits per heavy atom. The van der Waals surface area contributed by atoms with Crippen molar-refractivity contribution in [2.75, 3.05) is 0 Å². The summed E-state index contributed by atoms with van der Waals surface area (Å²) in [6.45, 7) is 0. The van der Waals surface area contributed by atoms with Gasteiger partial charge in [-0.25, -0.2) is 4.39 Å². The lowest BCUT2D eigenvalue weighted by molar-refractivity contribution is 0.0848. The number of aromatic nitrogens is 1. The molecule has 0 saturated carbocycles. The smallest absolute Gasteiger partial charge is 0.170 e. The van der Waals surface area contributed by atoms with E-state index in [4.69, 9.17) is 4.74 Å². The second-order valence-corrected chi connectivity index (χ2v) is 4.16. The van der Waals surface area contributed by atoms with E-state index in [1.807, 2.05) is 6.07 Å². The van der Waals surface area contributed by atoms with Crippen LogP contribution in [-0.2, 0) is 0 Å². The fraction of sp³-hybridized carbons (Fsp3) is 0.143. The number of Topliss-reactive ketones (excluding diaryl/α,β-unsaturated/α-hetero) is 1. The first-order valence-electron chi connectivity index (χ1n) is 5.63. The molecule has 0 fully saturated rings. The van der Waals surface area contributed by atoms with Crippen LogP contribution in [0.1, 0.15) is 28.4 Å². The molecule has 18 heavy (non-hydrogen) atoms. The molecular weight excluding hydrogens is 233 g/mol. The average molecular weight is 243 g/mol. The van der Waals surface area contributed by atoms with E-state index in [0.29, 0.717) is 11.3 Å². The van der Waals surface area contributed by atoms with Crippen LogP contribution in [0.5, 0.6) is 5.75 Å². The zero-order chi connectivity index (χ0) is 12.5. The number of ketones is 1. The molecule has 1 aliphatic heterocycles. The number of carbonyl (C=O) groups excluding carboxylic acids is 1. The molecule has 0 amide bonds. The van der Waals surface area contributed by atoms with Crippen LogP contribution >= 0.6 is 0 Å². The van der Waals surface area contributed by atoms with Crippen molar-refractivity contribution in [2.45, 2.75) is 12.5 Å². The van der Waals surface area contributed by atoms with Crippen LogP contribution in [0.25, 0.3) is 0 Å². The minimum absolute atomic E-state index is 0.107. The Labute approximate surface area is 103 Å². The van der Waals surface area contributed by atoms with Gasteiger partial charge in [0, 0.05) is 18.0 Å². The molecule has 90 valence electrons. The Bertz CT molecular complexity index is 598. The van der Waals surface area contributed by atoms with Crippen LogP contribution in [-0.4, -0.2) is 10.8 Å². The van der Waals surface area contributed by atoms with Crippen molar-refractivity contribution in [3.63, 3.8) is 0 Å². The quantitative estimate of drug-likeness (QED) is 0.773. The van der Waals surface area contributed by atoms with E-state index >= 15 is 0 Å². The number of rotatable bonds is 1. The minimum Gasteiger partial charge on any atom is -0.484 e. The first-order chi connectivity index (χ1) is 8.74. The normalized spacial score (nSPS) is 18.1. The van der Waals surface area contributed by atoms with Gasteiger partial charge in [-0.1, -0.05) is 6.07 Å². The van der Waals surface area contributed by atoms with Gasteiger partial charge in [0.1, 0.15) is 17.7 Å². The lowest BCUT2D eigenvalue weighted by Crippen LogP contribution is -2.20. The summed E-state index contributed by atoms with van der Waals surface area (Å²) in [7, 11) is 0. The lowest BCUT2D eigenvalue weighted by Gasteiger charge is -2.25. The van der Waals surface area contributed by atoms with E-state index in [2.05, 4.69) is 4.98 Å². The van der Waals surface area contributed by atoms with Crippen molar-refractivity contribution in [3.8, 4) is 5.75 Å². The van der Waals surface area contributed by atoms with Gasteiger partial charge in [-0.3, -0.25) is 9.78 Å². The van der Waals surface area contributed by atoms with Crippen molar-refractivity contribution in [1.82, 2.24) is 4.98 Å². The summed E-state index contributed by atoms with van der Waals surface area (Å²) in [5.41, 5.74) is 1.16. The maximum atomic E-state index is 13.1. The molecule has 0 aliphatic carbocycles. The monoisotopic (exact) mass is 243 g/mol. The number of benzene rings is 1. The maximum Gasteiger partial charge on any atom is 0.170 e. The molecule has 2 heterocycles. The van der Waals surface area contributed by atoms with Crippen molar-refractivity contribution in [1.29, 1.82) is 0 Å². The van der Waals surface area contributed by atoms with E-state index in [9.17, 15) is 9.18 Å². The molecule has 1 atom stereocenters. The number of ether oxygens (including phenoxy) is 1. The van der Waals surface area contributed by atoms with Gasteiger partial charge in [0.15, 0.2) is 5.78 Å². The molecule has 0 bridgehead atoms. The Morgan fingerprint density at radius 3 is 3.00 bits per heavy atom. The van der Waals surface area contributed by atoms with E-state index in [0.717, 1.165) is 5.56 Å². The van der Waals surface area contributed by atoms with E-state index < -0.39 is 5.82 Å². The molecule has 1 unspecified atom stereocenters. The summed E-state index contributed by atoms with van der Waals surface area (Å²) in [6.07, 6.45) is 3.20. The third-order valence-electron chi connectivity index (χ3n) is 2.94. The summed E-state index contributed by atoms with van der Waals surface area (Å²) in [6, 6.07) is 7.66. The van der Waals surface area contributed by atoms with Crippen LogP contribution in [0, 0.1) is 5.82 Å². The fourth-order valence-electron chi connectivity index (χ4n) is 2.05. The van der Waals surface area contributed by atoms with Crippen LogP contribution in [0.4, 0.5) is 4.39 Å². The molecule has 0 saturated heterocycles. The Hall–Kier alpha value is -2.23. The number of fused-ring (bicyclic) bond motifs is 1. The molecule has 1 aromatic carbocycles. The highest BCUT2D eigenvalue weighted by molar-refractivity contribution is 6.00. The molecule has 0 N–H and O–H groups in total.